The third kappa shape index (κ3) is 4.56. The molecule has 2 aromatic carbocycles. The highest BCUT2D eigenvalue weighted by Crippen LogP contribution is 2.28. The van der Waals surface area contributed by atoms with E-state index in [0.29, 0.717) is 35.9 Å². The zero-order chi connectivity index (χ0) is 21.3. The van der Waals surface area contributed by atoms with E-state index in [2.05, 4.69) is 20.3 Å². The van der Waals surface area contributed by atoms with Crippen LogP contribution in [0.5, 0.6) is 5.75 Å². The van der Waals surface area contributed by atoms with Gasteiger partial charge in [-0.2, -0.15) is 5.10 Å². The molecule has 2 aliphatic heterocycles. The first-order valence-corrected chi connectivity index (χ1v) is 9.45. The Kier molecular flexibility index (Phi) is 5.38. The van der Waals surface area contributed by atoms with Crippen LogP contribution in [0.3, 0.4) is 0 Å². The molecule has 2 aliphatic rings. The van der Waals surface area contributed by atoms with Crippen molar-refractivity contribution in [1.29, 1.82) is 0 Å². The number of halogens is 4. The Morgan fingerprint density at radius 2 is 1.80 bits per heavy atom. The zero-order valence-corrected chi connectivity index (χ0v) is 16.2. The van der Waals surface area contributed by atoms with Crippen LogP contribution < -0.4 is 15.1 Å². The molecule has 10 heteroatoms. The van der Waals surface area contributed by atoms with E-state index in [0.717, 1.165) is 11.4 Å². The van der Waals surface area contributed by atoms with Crippen molar-refractivity contribution < 1.29 is 22.7 Å². The van der Waals surface area contributed by atoms with Crippen molar-refractivity contribution >= 4 is 34.7 Å². The van der Waals surface area contributed by atoms with E-state index in [1.54, 1.807) is 29.2 Å². The van der Waals surface area contributed by atoms with Gasteiger partial charge in [0.05, 0.1) is 12.3 Å². The van der Waals surface area contributed by atoms with Crippen molar-refractivity contribution in [3.8, 4) is 5.75 Å². The highest BCUT2D eigenvalue weighted by molar-refractivity contribution is 6.30. The number of rotatable bonds is 4. The van der Waals surface area contributed by atoms with Gasteiger partial charge in [-0.25, -0.2) is 0 Å². The molecule has 1 saturated heterocycles. The van der Waals surface area contributed by atoms with Gasteiger partial charge in [-0.1, -0.05) is 11.6 Å². The molecule has 0 aromatic heterocycles. The van der Waals surface area contributed by atoms with Crippen LogP contribution in [0.2, 0.25) is 5.02 Å². The first-order valence-electron chi connectivity index (χ1n) is 9.07. The number of nitrogens with one attached hydrogen (secondary N) is 1. The summed E-state index contributed by atoms with van der Waals surface area (Å²) in [4.78, 5) is 18.5. The molecule has 6 nitrogen and oxygen atoms in total. The predicted molar refractivity (Wildman–Crippen MR) is 107 cm³/mol. The number of hydrogen-bond acceptors (Lipinski definition) is 5. The van der Waals surface area contributed by atoms with Crippen LogP contribution in [0.4, 0.5) is 18.9 Å². The van der Waals surface area contributed by atoms with Crippen LogP contribution >= 0.6 is 11.6 Å². The second-order valence-corrected chi connectivity index (χ2v) is 7.27. The molecule has 0 aliphatic carbocycles. The molecule has 1 amide bonds. The highest BCUT2D eigenvalue weighted by Gasteiger charge is 2.34. The maximum Gasteiger partial charge on any atom is 0.573 e. The Labute approximate surface area is 175 Å². The van der Waals surface area contributed by atoms with Gasteiger partial charge < -0.3 is 9.64 Å². The molecular weight excluding hydrogens is 421 g/mol. The van der Waals surface area contributed by atoms with Crippen LogP contribution in [0.15, 0.2) is 58.6 Å². The molecule has 2 heterocycles. The fraction of sp³-hybridized carbons (Fsp3) is 0.250. The number of benzene rings is 2. The van der Waals surface area contributed by atoms with Crippen molar-refractivity contribution in [2.24, 2.45) is 16.0 Å². The van der Waals surface area contributed by atoms with E-state index in [4.69, 9.17) is 11.6 Å². The lowest BCUT2D eigenvalue weighted by Gasteiger charge is -2.19. The topological polar surface area (TPSA) is 66.3 Å². The molecule has 0 spiro atoms. The van der Waals surface area contributed by atoms with Crippen LogP contribution in [0, 0.1) is 5.92 Å². The Hall–Kier alpha value is -3.07. The normalized spacial score (nSPS) is 19.3. The summed E-state index contributed by atoms with van der Waals surface area (Å²) in [5, 5.41) is 4.95. The Morgan fingerprint density at radius 1 is 1.10 bits per heavy atom. The molecule has 0 bridgehead atoms. The summed E-state index contributed by atoms with van der Waals surface area (Å²) in [6.45, 7) is 0.796. The summed E-state index contributed by atoms with van der Waals surface area (Å²) in [6, 6.07) is 12.4. The third-order valence-electron chi connectivity index (χ3n) is 4.80. The van der Waals surface area contributed by atoms with Gasteiger partial charge in [0, 0.05) is 35.2 Å². The Bertz CT molecular complexity index is 1000. The van der Waals surface area contributed by atoms with Gasteiger partial charge in [0.25, 0.3) is 0 Å². The number of hydrazone groups is 1. The second kappa shape index (κ2) is 7.98. The molecule has 1 N–H and O–H groups in total. The monoisotopic (exact) mass is 436 g/mol. The molecule has 0 radical (unpaired) electrons. The predicted octanol–water partition coefficient (Wildman–Crippen LogP) is 4.00. The lowest BCUT2D eigenvalue weighted by molar-refractivity contribution is -0.274. The largest absolute Gasteiger partial charge is 0.573 e. The summed E-state index contributed by atoms with van der Waals surface area (Å²) in [6.07, 6.45) is -4.41. The minimum Gasteiger partial charge on any atom is -0.406 e. The van der Waals surface area contributed by atoms with Gasteiger partial charge in [0.2, 0.25) is 5.91 Å². The van der Waals surface area contributed by atoms with Crippen molar-refractivity contribution in [3.05, 3.63) is 59.1 Å². The first-order chi connectivity index (χ1) is 14.3. The summed E-state index contributed by atoms with van der Waals surface area (Å²) in [5.74, 6) is 0.0587. The number of aliphatic imine (C=N–C) groups is 1. The maximum absolute atomic E-state index is 12.4. The molecular formula is C20H16ClF3N4O2. The average Bonchev–Trinajstić information content (AvgIpc) is 3.10. The van der Waals surface area contributed by atoms with Gasteiger partial charge in [0.15, 0.2) is 0 Å². The molecule has 156 valence electrons. The van der Waals surface area contributed by atoms with Crippen LogP contribution in [0.1, 0.15) is 12.0 Å². The summed E-state index contributed by atoms with van der Waals surface area (Å²) < 4.78 is 40.6. The van der Waals surface area contributed by atoms with Crippen LogP contribution in [-0.2, 0) is 4.79 Å². The number of amidine groups is 1. The number of anilines is 1. The lowest BCUT2D eigenvalue weighted by atomic mass is 10.0. The number of carbonyl (C=O) groups is 1. The first kappa shape index (κ1) is 20.2. The van der Waals surface area contributed by atoms with E-state index in [1.807, 2.05) is 0 Å². The molecule has 1 atom stereocenters. The van der Waals surface area contributed by atoms with Crippen LogP contribution in [0.25, 0.3) is 0 Å². The molecule has 4 rings (SSSR count). The molecule has 1 fully saturated rings. The minimum absolute atomic E-state index is 0.0000485. The van der Waals surface area contributed by atoms with Crippen molar-refractivity contribution in [2.45, 2.75) is 12.8 Å². The zero-order valence-electron chi connectivity index (χ0n) is 15.5. The second-order valence-electron chi connectivity index (χ2n) is 6.83. The van der Waals surface area contributed by atoms with E-state index >= 15 is 0 Å². The maximum atomic E-state index is 12.4. The van der Waals surface area contributed by atoms with Gasteiger partial charge in [-0.3, -0.25) is 15.2 Å². The molecule has 2 aromatic rings. The smallest absolute Gasteiger partial charge is 0.406 e. The number of carbonyl (C=O) groups excluding carboxylic acids is 1. The fourth-order valence-electron chi connectivity index (χ4n) is 3.35. The Balaban J connectivity index is 1.39. The highest BCUT2D eigenvalue weighted by atomic mass is 35.5. The van der Waals surface area contributed by atoms with E-state index in [-0.39, 0.29) is 17.6 Å². The van der Waals surface area contributed by atoms with Gasteiger partial charge >= 0.3 is 6.36 Å². The van der Waals surface area contributed by atoms with Crippen molar-refractivity contribution in [3.63, 3.8) is 0 Å². The number of alkyl halides is 3. The average molecular weight is 437 g/mol. The third-order valence-corrected chi connectivity index (χ3v) is 5.05. The van der Waals surface area contributed by atoms with Crippen molar-refractivity contribution in [1.82, 2.24) is 5.43 Å². The fourth-order valence-corrected chi connectivity index (χ4v) is 3.47. The molecule has 0 saturated carbocycles. The summed E-state index contributed by atoms with van der Waals surface area (Å²) in [7, 11) is 0. The number of ether oxygens (including phenoxy) is 1. The number of amides is 1. The Morgan fingerprint density at radius 3 is 2.40 bits per heavy atom. The van der Waals surface area contributed by atoms with Gasteiger partial charge in [-0.15, -0.1) is 13.2 Å². The quantitative estimate of drug-likeness (QED) is 0.788. The molecule has 1 unspecified atom stereocenters. The van der Waals surface area contributed by atoms with Crippen LogP contribution in [-0.4, -0.2) is 36.9 Å². The standard InChI is InChI=1S/C20H16ClF3N4O2/c21-14-3-5-15(6-4-14)28-11-13(9-18(28)29)17-10-25-19(27-26-17)12-1-7-16(8-2-12)30-20(22,23)24/h1-8,13H,9-11H2,(H,25,27). The SMILES string of the molecule is O=C1CC(C2=NNC(c3ccc(OC(F)(F)F)cc3)=NC2)CN1c1ccc(Cl)cc1. The van der Waals surface area contributed by atoms with E-state index in [9.17, 15) is 18.0 Å². The van der Waals surface area contributed by atoms with Gasteiger partial charge in [0.1, 0.15) is 11.6 Å². The molecule has 30 heavy (non-hydrogen) atoms. The van der Waals surface area contributed by atoms with E-state index < -0.39 is 6.36 Å². The van der Waals surface area contributed by atoms with Crippen molar-refractivity contribution in [2.75, 3.05) is 18.0 Å². The summed E-state index contributed by atoms with van der Waals surface area (Å²) in [5.41, 5.74) is 4.95. The van der Waals surface area contributed by atoms with E-state index in [1.165, 1.54) is 24.3 Å². The number of hydrogen-bond donors (Lipinski definition) is 1. The van der Waals surface area contributed by atoms with Gasteiger partial charge in [-0.05, 0) is 48.5 Å². The number of nitrogens with zero attached hydrogens (tertiary/aromatic N) is 3. The summed E-state index contributed by atoms with van der Waals surface area (Å²) >= 11 is 5.90. The lowest BCUT2D eigenvalue weighted by Crippen LogP contribution is -2.32. The minimum atomic E-state index is -4.74.